The molecule has 0 rings (SSSR count). The smallest absolute Gasteiger partial charge is 0.0585 e. The van der Waals surface area contributed by atoms with Crippen LogP contribution in [-0.4, -0.2) is 17.8 Å². The van der Waals surface area contributed by atoms with Crippen LogP contribution in [0.4, 0.5) is 0 Å². The average Bonchev–Trinajstić information content (AvgIpc) is 1.65. The Labute approximate surface area is 50.5 Å². The Kier molecular flexibility index (Phi) is 6.78. The molecule has 0 aromatic carbocycles. The molecule has 1 atom stereocenters. The van der Waals surface area contributed by atoms with Crippen molar-refractivity contribution in [1.82, 2.24) is 6.15 Å². The maximum Gasteiger partial charge on any atom is 0.0585 e. The lowest BCUT2D eigenvalue weighted by atomic mass is 10.1. The fourth-order valence-corrected chi connectivity index (χ4v) is 0.211. The first-order chi connectivity index (χ1) is 3.18. The predicted molar refractivity (Wildman–Crippen MR) is 34.9 cm³/mol. The maximum atomic E-state index is 8.38. The van der Waals surface area contributed by atoms with Gasteiger partial charge in [-0.2, -0.15) is 0 Å². The molecule has 0 spiro atoms. The van der Waals surface area contributed by atoms with Crippen LogP contribution in [0.25, 0.3) is 0 Å². The van der Waals surface area contributed by atoms with E-state index in [1.807, 2.05) is 13.8 Å². The standard InChI is InChI=1S/C5H13NO.H3N/c1-4(2)5(6)3-7;/h4-5,7H,3,6H2,1-2H3;1H3/t5-;/m1./s1. The summed E-state index contributed by atoms with van der Waals surface area (Å²) in [5.74, 6) is 0.394. The zero-order valence-corrected chi connectivity index (χ0v) is 5.59. The van der Waals surface area contributed by atoms with E-state index in [2.05, 4.69) is 0 Å². The molecule has 0 fully saturated rings. The fraction of sp³-hybridized carbons (Fsp3) is 1.00. The molecule has 0 aliphatic carbocycles. The number of rotatable bonds is 2. The van der Waals surface area contributed by atoms with Crippen molar-refractivity contribution < 1.29 is 5.11 Å². The third kappa shape index (κ3) is 4.05. The highest BCUT2D eigenvalue weighted by molar-refractivity contribution is 4.61. The van der Waals surface area contributed by atoms with Crippen LogP contribution >= 0.6 is 0 Å². The normalized spacial score (nSPS) is 13.1. The van der Waals surface area contributed by atoms with Gasteiger partial charge < -0.3 is 17.0 Å². The van der Waals surface area contributed by atoms with Gasteiger partial charge in [-0.1, -0.05) is 13.8 Å². The summed E-state index contributed by atoms with van der Waals surface area (Å²) in [5.41, 5.74) is 5.37. The minimum absolute atomic E-state index is 0. The Morgan fingerprint density at radius 1 is 1.50 bits per heavy atom. The highest BCUT2D eigenvalue weighted by Gasteiger charge is 2.02. The van der Waals surface area contributed by atoms with Gasteiger partial charge in [0.1, 0.15) is 0 Å². The molecule has 0 bridgehead atoms. The predicted octanol–water partition coefficient (Wildman–Crippen LogP) is 0.124. The van der Waals surface area contributed by atoms with Gasteiger partial charge in [0.05, 0.1) is 6.61 Å². The Bertz CT molecular complexity index is 47.7. The Morgan fingerprint density at radius 2 is 1.88 bits per heavy atom. The SMILES string of the molecule is CC(C)[C@H](N)CO.N. The van der Waals surface area contributed by atoms with Crippen LogP contribution in [0, 0.1) is 5.92 Å². The van der Waals surface area contributed by atoms with Gasteiger partial charge in [-0.25, -0.2) is 0 Å². The van der Waals surface area contributed by atoms with Crippen molar-refractivity contribution in [2.45, 2.75) is 19.9 Å². The molecule has 52 valence electrons. The van der Waals surface area contributed by atoms with Crippen molar-refractivity contribution >= 4 is 0 Å². The van der Waals surface area contributed by atoms with Gasteiger partial charge in [0, 0.05) is 6.04 Å². The molecule has 0 saturated heterocycles. The van der Waals surface area contributed by atoms with Crippen LogP contribution in [0.3, 0.4) is 0 Å². The first-order valence-corrected chi connectivity index (χ1v) is 2.55. The van der Waals surface area contributed by atoms with E-state index in [4.69, 9.17) is 10.8 Å². The zero-order chi connectivity index (χ0) is 5.86. The minimum Gasteiger partial charge on any atom is -0.395 e. The van der Waals surface area contributed by atoms with Crippen LogP contribution in [0.1, 0.15) is 13.8 Å². The molecule has 0 unspecified atom stereocenters. The summed E-state index contributed by atoms with van der Waals surface area (Å²) in [6.07, 6.45) is 0. The third-order valence-corrected chi connectivity index (χ3v) is 1.07. The van der Waals surface area contributed by atoms with E-state index in [9.17, 15) is 0 Å². The molecule has 8 heavy (non-hydrogen) atoms. The van der Waals surface area contributed by atoms with Crippen LogP contribution in [0.15, 0.2) is 0 Å². The second-order valence-corrected chi connectivity index (χ2v) is 2.09. The molecule has 6 N–H and O–H groups in total. The Morgan fingerprint density at radius 3 is 1.88 bits per heavy atom. The third-order valence-electron chi connectivity index (χ3n) is 1.07. The van der Waals surface area contributed by atoms with Gasteiger partial charge in [-0.15, -0.1) is 0 Å². The zero-order valence-electron chi connectivity index (χ0n) is 5.59. The van der Waals surface area contributed by atoms with Crippen molar-refractivity contribution in [3.05, 3.63) is 0 Å². The molecule has 0 amide bonds. The average molecular weight is 120 g/mol. The van der Waals surface area contributed by atoms with E-state index in [1.54, 1.807) is 0 Å². The van der Waals surface area contributed by atoms with Crippen molar-refractivity contribution in [3.8, 4) is 0 Å². The Hall–Kier alpha value is -0.120. The molecule has 0 saturated carbocycles. The molecule has 0 heterocycles. The summed E-state index contributed by atoms with van der Waals surface area (Å²) in [6.45, 7) is 4.07. The van der Waals surface area contributed by atoms with Gasteiger partial charge in [0.2, 0.25) is 0 Å². The highest BCUT2D eigenvalue weighted by atomic mass is 16.3. The Balaban J connectivity index is 0. The van der Waals surface area contributed by atoms with E-state index in [1.165, 1.54) is 0 Å². The van der Waals surface area contributed by atoms with Gasteiger partial charge >= 0.3 is 0 Å². The van der Waals surface area contributed by atoms with Crippen molar-refractivity contribution in [3.63, 3.8) is 0 Å². The van der Waals surface area contributed by atoms with E-state index in [0.29, 0.717) is 5.92 Å². The summed E-state index contributed by atoms with van der Waals surface area (Å²) in [4.78, 5) is 0. The quantitative estimate of drug-likeness (QED) is 0.484. The molecule has 3 heteroatoms. The topological polar surface area (TPSA) is 81.2 Å². The molecule has 3 nitrogen and oxygen atoms in total. The summed E-state index contributed by atoms with van der Waals surface area (Å²) in [5, 5.41) is 8.38. The highest BCUT2D eigenvalue weighted by Crippen LogP contribution is 1.94. The number of hydrogen-bond donors (Lipinski definition) is 3. The van der Waals surface area contributed by atoms with Gasteiger partial charge in [-0.05, 0) is 5.92 Å². The van der Waals surface area contributed by atoms with Crippen molar-refractivity contribution in [2.24, 2.45) is 11.7 Å². The molecule has 0 aliphatic heterocycles. The van der Waals surface area contributed by atoms with Crippen molar-refractivity contribution in [1.29, 1.82) is 0 Å². The van der Waals surface area contributed by atoms with Gasteiger partial charge in [0.25, 0.3) is 0 Å². The van der Waals surface area contributed by atoms with E-state index < -0.39 is 0 Å². The minimum atomic E-state index is -0.0417. The summed E-state index contributed by atoms with van der Waals surface area (Å²) < 4.78 is 0. The number of hydrogen-bond acceptors (Lipinski definition) is 3. The molecule has 0 radical (unpaired) electrons. The van der Waals surface area contributed by atoms with Crippen LogP contribution in [0.2, 0.25) is 0 Å². The number of nitrogens with two attached hydrogens (primary N) is 1. The van der Waals surface area contributed by atoms with Crippen LogP contribution < -0.4 is 11.9 Å². The molecule has 0 aromatic heterocycles. The largest absolute Gasteiger partial charge is 0.395 e. The number of aliphatic hydroxyl groups is 1. The molecule has 0 aliphatic rings. The summed E-state index contributed by atoms with van der Waals surface area (Å²) >= 11 is 0. The monoisotopic (exact) mass is 120 g/mol. The second-order valence-electron chi connectivity index (χ2n) is 2.09. The first-order valence-electron chi connectivity index (χ1n) is 2.55. The van der Waals surface area contributed by atoms with Crippen LogP contribution in [0.5, 0.6) is 0 Å². The van der Waals surface area contributed by atoms with Gasteiger partial charge in [0.15, 0.2) is 0 Å². The molecular weight excluding hydrogens is 104 g/mol. The fourth-order valence-electron chi connectivity index (χ4n) is 0.211. The maximum absolute atomic E-state index is 8.38. The van der Waals surface area contributed by atoms with Crippen LogP contribution in [-0.2, 0) is 0 Å². The second kappa shape index (κ2) is 5.03. The number of aliphatic hydroxyl groups excluding tert-OH is 1. The van der Waals surface area contributed by atoms with E-state index in [-0.39, 0.29) is 18.8 Å². The summed E-state index contributed by atoms with van der Waals surface area (Å²) in [6, 6.07) is -0.0417. The summed E-state index contributed by atoms with van der Waals surface area (Å²) in [7, 11) is 0. The lowest BCUT2D eigenvalue weighted by molar-refractivity contribution is 0.238. The van der Waals surface area contributed by atoms with Crippen molar-refractivity contribution in [2.75, 3.05) is 6.61 Å². The molecule has 0 aromatic rings. The van der Waals surface area contributed by atoms with Gasteiger partial charge in [-0.3, -0.25) is 0 Å². The molecular formula is C5H16N2O. The first kappa shape index (κ1) is 10.8. The van der Waals surface area contributed by atoms with E-state index in [0.717, 1.165) is 0 Å². The van der Waals surface area contributed by atoms with E-state index >= 15 is 0 Å². The lowest BCUT2D eigenvalue weighted by Crippen LogP contribution is -2.29. The lowest BCUT2D eigenvalue weighted by Gasteiger charge is -2.10.